The predicted octanol–water partition coefficient (Wildman–Crippen LogP) is 5.03. The summed E-state index contributed by atoms with van der Waals surface area (Å²) in [5.41, 5.74) is 2.63. The summed E-state index contributed by atoms with van der Waals surface area (Å²) in [6.07, 6.45) is 3.85. The third-order valence-electron chi connectivity index (χ3n) is 8.23. The topological polar surface area (TPSA) is 57.7 Å². The van der Waals surface area contributed by atoms with Crippen LogP contribution in [-0.2, 0) is 26.2 Å². The summed E-state index contributed by atoms with van der Waals surface area (Å²) >= 11 is 0. The lowest BCUT2D eigenvalue weighted by molar-refractivity contribution is 0.166. The lowest BCUT2D eigenvalue weighted by Gasteiger charge is -2.40. The van der Waals surface area contributed by atoms with Crippen LogP contribution in [-0.4, -0.2) is 60.8 Å². The molecule has 2 aliphatic rings. The number of sulfonamides is 1. The minimum Gasteiger partial charge on any atom is -0.303 e. The van der Waals surface area contributed by atoms with E-state index in [0.29, 0.717) is 11.4 Å². The molecule has 1 saturated heterocycles. The van der Waals surface area contributed by atoms with Gasteiger partial charge in [0.1, 0.15) is 0 Å². The van der Waals surface area contributed by atoms with Crippen LogP contribution >= 0.6 is 0 Å². The zero-order chi connectivity index (χ0) is 25.9. The fourth-order valence-corrected chi connectivity index (χ4v) is 8.97. The maximum absolute atomic E-state index is 13.0. The Labute approximate surface area is 224 Å². The van der Waals surface area contributed by atoms with E-state index >= 15 is 0 Å². The fraction of sp³-hybridized carbons (Fsp3) is 0.400. The third kappa shape index (κ3) is 5.60. The number of likely N-dealkylation sites (tertiary alicyclic amines) is 1. The second-order valence-electron chi connectivity index (χ2n) is 10.4. The molecule has 0 bridgehead atoms. The van der Waals surface area contributed by atoms with Crippen molar-refractivity contribution in [2.75, 3.05) is 39.0 Å². The summed E-state index contributed by atoms with van der Waals surface area (Å²) in [5.74, 6) is 1.04. The molecule has 5 rings (SSSR count). The number of piperidine rings is 1. The molecule has 5 nitrogen and oxygen atoms in total. The van der Waals surface area contributed by atoms with Crippen LogP contribution < -0.4 is 0 Å². The minimum absolute atomic E-state index is 0.0608. The van der Waals surface area contributed by atoms with Gasteiger partial charge in [-0.15, -0.1) is 0 Å². The normalized spacial score (nSPS) is 20.2. The number of nitrogens with zero attached hydrogens (tertiary/aromatic N) is 2. The van der Waals surface area contributed by atoms with Crippen LogP contribution in [0.5, 0.6) is 0 Å². The van der Waals surface area contributed by atoms with Crippen LogP contribution in [0.2, 0.25) is 0 Å². The maximum atomic E-state index is 13.0. The predicted molar refractivity (Wildman–Crippen MR) is 150 cm³/mol. The summed E-state index contributed by atoms with van der Waals surface area (Å²) in [5, 5.41) is 0. The van der Waals surface area contributed by atoms with Gasteiger partial charge < -0.3 is 4.90 Å². The monoisotopic (exact) mass is 536 g/mol. The van der Waals surface area contributed by atoms with Gasteiger partial charge in [-0.05, 0) is 80.6 Å². The van der Waals surface area contributed by atoms with E-state index in [1.54, 1.807) is 31.3 Å². The highest BCUT2D eigenvalue weighted by atomic mass is 32.2. The van der Waals surface area contributed by atoms with E-state index in [4.69, 9.17) is 0 Å². The molecule has 3 aromatic carbocycles. The molecule has 0 aliphatic carbocycles. The first kappa shape index (κ1) is 26.3. The van der Waals surface area contributed by atoms with Crippen molar-refractivity contribution in [1.82, 2.24) is 9.21 Å². The zero-order valence-corrected chi connectivity index (χ0v) is 23.1. The van der Waals surface area contributed by atoms with Crippen molar-refractivity contribution >= 4 is 20.8 Å². The zero-order valence-electron chi connectivity index (χ0n) is 21.5. The molecule has 2 atom stereocenters. The quantitative estimate of drug-likeness (QED) is 0.385. The van der Waals surface area contributed by atoms with Crippen molar-refractivity contribution in [1.29, 1.82) is 0 Å². The summed E-state index contributed by atoms with van der Waals surface area (Å²) in [6.45, 7) is 3.47. The van der Waals surface area contributed by atoms with Gasteiger partial charge in [0.15, 0.2) is 0 Å². The fourth-order valence-electron chi connectivity index (χ4n) is 5.90. The van der Waals surface area contributed by atoms with Gasteiger partial charge in [0.05, 0.1) is 15.7 Å². The van der Waals surface area contributed by atoms with Crippen LogP contribution in [0.3, 0.4) is 0 Å². The highest BCUT2D eigenvalue weighted by Crippen LogP contribution is 2.45. The van der Waals surface area contributed by atoms with E-state index in [-0.39, 0.29) is 11.3 Å². The van der Waals surface area contributed by atoms with Crippen LogP contribution in [0.25, 0.3) is 0 Å². The molecule has 0 radical (unpaired) electrons. The van der Waals surface area contributed by atoms with Gasteiger partial charge in [-0.3, -0.25) is 4.21 Å². The van der Waals surface area contributed by atoms with Gasteiger partial charge in [-0.2, -0.15) is 0 Å². The van der Waals surface area contributed by atoms with Gasteiger partial charge in [-0.1, -0.05) is 66.7 Å². The van der Waals surface area contributed by atoms with E-state index in [2.05, 4.69) is 41.3 Å². The first-order chi connectivity index (χ1) is 17.9. The van der Waals surface area contributed by atoms with Crippen LogP contribution in [0.15, 0.2) is 94.7 Å². The Balaban J connectivity index is 1.21. The third-order valence-corrected chi connectivity index (χ3v) is 11.8. The number of benzene rings is 3. The Morgan fingerprint density at radius 3 is 2.22 bits per heavy atom. The Morgan fingerprint density at radius 2 is 1.51 bits per heavy atom. The summed E-state index contributed by atoms with van der Waals surface area (Å²) in [7, 11) is -2.70. The molecule has 2 unspecified atom stereocenters. The van der Waals surface area contributed by atoms with Gasteiger partial charge in [0.2, 0.25) is 10.0 Å². The van der Waals surface area contributed by atoms with Gasteiger partial charge in [0.25, 0.3) is 0 Å². The Morgan fingerprint density at radius 1 is 0.892 bits per heavy atom. The van der Waals surface area contributed by atoms with Crippen LogP contribution in [0, 0.1) is 0 Å². The molecule has 7 heteroatoms. The Hall–Kier alpha value is -2.32. The highest BCUT2D eigenvalue weighted by molar-refractivity contribution is 7.89. The number of fused-ring (bicyclic) bond motifs is 2. The SMILES string of the molecule is CN(CCC(CCN1CCC2(CC1)CS(=O)c1ccccc12)c1ccccc1)S(=O)(=O)c1ccccc1. The average molecular weight is 537 g/mol. The van der Waals surface area contributed by atoms with Gasteiger partial charge in [-0.25, -0.2) is 12.7 Å². The van der Waals surface area contributed by atoms with E-state index in [9.17, 15) is 12.6 Å². The van der Waals surface area contributed by atoms with E-state index in [1.165, 1.54) is 15.4 Å². The van der Waals surface area contributed by atoms with Crippen molar-refractivity contribution < 1.29 is 12.6 Å². The second kappa shape index (κ2) is 11.2. The highest BCUT2D eigenvalue weighted by Gasteiger charge is 2.44. The first-order valence-electron chi connectivity index (χ1n) is 13.2. The molecule has 1 spiro atoms. The lowest BCUT2D eigenvalue weighted by atomic mass is 9.74. The summed E-state index contributed by atoms with van der Waals surface area (Å²) < 4.78 is 40.3. The van der Waals surface area contributed by atoms with Crippen molar-refractivity contribution in [2.45, 2.75) is 46.8 Å². The van der Waals surface area contributed by atoms with E-state index in [1.807, 2.05) is 24.3 Å². The summed E-state index contributed by atoms with van der Waals surface area (Å²) in [4.78, 5) is 3.91. The molecule has 0 saturated carbocycles. The van der Waals surface area contributed by atoms with Crippen molar-refractivity contribution in [3.8, 4) is 0 Å². The molecule has 0 amide bonds. The molecule has 2 heterocycles. The van der Waals surface area contributed by atoms with Crippen LogP contribution in [0.1, 0.15) is 42.7 Å². The van der Waals surface area contributed by atoms with Crippen molar-refractivity contribution in [3.63, 3.8) is 0 Å². The van der Waals surface area contributed by atoms with Crippen molar-refractivity contribution in [2.24, 2.45) is 0 Å². The van der Waals surface area contributed by atoms with Gasteiger partial charge >= 0.3 is 0 Å². The largest absolute Gasteiger partial charge is 0.303 e. The molecule has 3 aromatic rings. The molecule has 0 aromatic heterocycles. The molecule has 2 aliphatic heterocycles. The second-order valence-corrected chi connectivity index (χ2v) is 13.9. The lowest BCUT2D eigenvalue weighted by Crippen LogP contribution is -2.43. The Kier molecular flexibility index (Phi) is 7.96. The van der Waals surface area contributed by atoms with Gasteiger partial charge in [0, 0.05) is 29.7 Å². The molecular formula is C30H36N2O3S2. The standard InChI is InChI=1S/C30H36N2O3S2/c1-31(37(34,35)27-12-6-3-7-13-27)20-16-26(25-10-4-2-5-11-25)17-21-32-22-18-30(19-23-32)24-36(33)29-15-9-8-14-28(29)30/h2-15,26H,16-24H2,1H3. The van der Waals surface area contributed by atoms with E-state index in [0.717, 1.165) is 56.0 Å². The van der Waals surface area contributed by atoms with Crippen molar-refractivity contribution in [3.05, 3.63) is 96.1 Å². The van der Waals surface area contributed by atoms with Crippen LogP contribution in [0.4, 0.5) is 0 Å². The Bertz CT molecular complexity index is 1320. The molecule has 0 N–H and O–H groups in total. The first-order valence-corrected chi connectivity index (χ1v) is 15.9. The number of hydrogen-bond acceptors (Lipinski definition) is 4. The minimum atomic E-state index is -3.50. The molecule has 37 heavy (non-hydrogen) atoms. The molecule has 1 fully saturated rings. The summed E-state index contributed by atoms with van der Waals surface area (Å²) in [6, 6.07) is 27.4. The molecule has 196 valence electrons. The smallest absolute Gasteiger partial charge is 0.242 e. The molecular weight excluding hydrogens is 500 g/mol. The number of rotatable bonds is 9. The van der Waals surface area contributed by atoms with E-state index < -0.39 is 20.8 Å². The average Bonchev–Trinajstić information content (AvgIpc) is 3.21. The maximum Gasteiger partial charge on any atom is 0.242 e. The number of hydrogen-bond donors (Lipinski definition) is 0.